The summed E-state index contributed by atoms with van der Waals surface area (Å²) in [6, 6.07) is 23.5. The summed E-state index contributed by atoms with van der Waals surface area (Å²) in [7, 11) is 3.26. The minimum Gasteiger partial charge on any atom is -0.496 e. The highest BCUT2D eigenvalue weighted by atomic mass is 32.1. The molecule has 7 nitrogen and oxygen atoms in total. The molecule has 3 aromatic carbocycles. The lowest BCUT2D eigenvalue weighted by Gasteiger charge is -2.17. The third-order valence-corrected chi connectivity index (χ3v) is 5.23. The van der Waals surface area contributed by atoms with Crippen molar-refractivity contribution in [3.05, 3.63) is 88.7 Å². The first-order chi connectivity index (χ1) is 15.7. The van der Waals surface area contributed by atoms with E-state index in [1.165, 1.54) is 0 Å². The van der Waals surface area contributed by atoms with Crippen LogP contribution in [0.15, 0.2) is 72.8 Å². The van der Waals surface area contributed by atoms with Crippen molar-refractivity contribution in [2.75, 3.05) is 19.6 Å². The topological polar surface area (TPSA) is 73.3 Å². The fourth-order valence-electron chi connectivity index (χ4n) is 3.37. The van der Waals surface area contributed by atoms with Crippen LogP contribution in [-0.2, 0) is 13.2 Å². The highest BCUT2D eigenvalue weighted by Crippen LogP contribution is 2.32. The molecule has 32 heavy (non-hydrogen) atoms. The number of hydrogen-bond donors (Lipinski definition) is 2. The molecule has 0 atom stereocenters. The van der Waals surface area contributed by atoms with Gasteiger partial charge in [-0.25, -0.2) is 9.77 Å². The van der Waals surface area contributed by atoms with E-state index < -0.39 is 0 Å². The Balaban J connectivity index is 1.60. The first-order valence-electron chi connectivity index (χ1n) is 10.1. The summed E-state index contributed by atoms with van der Waals surface area (Å²) in [5.41, 5.74) is 6.17. The second-order valence-electron chi connectivity index (χ2n) is 6.95. The van der Waals surface area contributed by atoms with Gasteiger partial charge in [0.2, 0.25) is 4.77 Å². The van der Waals surface area contributed by atoms with Gasteiger partial charge in [0, 0.05) is 5.56 Å². The number of nitrogens with zero attached hydrogens (tertiary/aromatic N) is 2. The number of aromatic amines is 1. The van der Waals surface area contributed by atoms with Gasteiger partial charge in [0.1, 0.15) is 12.4 Å². The minimum absolute atomic E-state index is 0.436. The number of para-hydroxylation sites is 2. The van der Waals surface area contributed by atoms with E-state index in [4.69, 9.17) is 26.4 Å². The molecule has 0 aliphatic rings. The van der Waals surface area contributed by atoms with Crippen molar-refractivity contribution in [2.45, 2.75) is 13.2 Å². The van der Waals surface area contributed by atoms with E-state index in [0.717, 1.165) is 16.7 Å². The maximum absolute atomic E-state index is 6.15. The maximum atomic E-state index is 6.15. The van der Waals surface area contributed by atoms with Crippen LogP contribution in [0.4, 0.5) is 0 Å². The van der Waals surface area contributed by atoms with Gasteiger partial charge in [-0.05, 0) is 36.0 Å². The molecule has 0 saturated heterocycles. The molecule has 0 bridgehead atoms. The van der Waals surface area contributed by atoms with Crippen molar-refractivity contribution >= 4 is 12.2 Å². The van der Waals surface area contributed by atoms with Gasteiger partial charge in [-0.1, -0.05) is 54.6 Å². The Morgan fingerprint density at radius 1 is 0.906 bits per heavy atom. The highest BCUT2D eigenvalue weighted by Gasteiger charge is 2.15. The normalized spacial score (nSPS) is 10.6. The molecule has 1 aromatic heterocycles. The first-order valence-corrected chi connectivity index (χ1v) is 10.5. The molecule has 0 spiro atoms. The molecule has 2 N–H and O–H groups in total. The zero-order chi connectivity index (χ0) is 22.3. The van der Waals surface area contributed by atoms with Crippen LogP contribution in [0.1, 0.15) is 11.1 Å². The van der Waals surface area contributed by atoms with E-state index in [9.17, 15) is 0 Å². The smallest absolute Gasteiger partial charge is 0.214 e. The van der Waals surface area contributed by atoms with Crippen LogP contribution in [-0.4, -0.2) is 29.1 Å². The van der Waals surface area contributed by atoms with Crippen LogP contribution < -0.4 is 19.6 Å². The fraction of sp³-hybridized carbons (Fsp3) is 0.167. The van der Waals surface area contributed by atoms with Gasteiger partial charge < -0.3 is 19.6 Å². The fourth-order valence-corrected chi connectivity index (χ4v) is 3.57. The lowest BCUT2D eigenvalue weighted by Crippen LogP contribution is -2.17. The van der Waals surface area contributed by atoms with Crippen LogP contribution in [0.2, 0.25) is 0 Å². The van der Waals surface area contributed by atoms with Crippen LogP contribution in [0.3, 0.4) is 0 Å². The molecule has 0 fully saturated rings. The van der Waals surface area contributed by atoms with Gasteiger partial charge in [-0.2, -0.15) is 5.10 Å². The van der Waals surface area contributed by atoms with Gasteiger partial charge in [-0.3, -0.25) is 0 Å². The molecule has 0 amide bonds. The molecule has 0 unspecified atom stereocenters. The third kappa shape index (κ3) is 4.60. The van der Waals surface area contributed by atoms with Crippen molar-refractivity contribution in [3.8, 4) is 28.6 Å². The Hall–Kier alpha value is -3.78. The number of benzene rings is 3. The Morgan fingerprint density at radius 2 is 1.62 bits per heavy atom. The van der Waals surface area contributed by atoms with Gasteiger partial charge >= 0.3 is 0 Å². The monoisotopic (exact) mass is 448 g/mol. The summed E-state index contributed by atoms with van der Waals surface area (Å²) >= 11 is 5.45. The van der Waals surface area contributed by atoms with Crippen molar-refractivity contribution in [3.63, 3.8) is 0 Å². The predicted molar refractivity (Wildman–Crippen MR) is 126 cm³/mol. The molecule has 0 aliphatic carbocycles. The number of ether oxygens (including phenoxy) is 3. The minimum atomic E-state index is 0.436. The van der Waals surface area contributed by atoms with Crippen molar-refractivity contribution in [1.29, 1.82) is 0 Å². The van der Waals surface area contributed by atoms with E-state index in [1.54, 1.807) is 18.9 Å². The van der Waals surface area contributed by atoms with E-state index in [2.05, 4.69) is 15.6 Å². The first kappa shape index (κ1) is 21.5. The summed E-state index contributed by atoms with van der Waals surface area (Å²) < 4.78 is 19.4. The van der Waals surface area contributed by atoms with E-state index >= 15 is 0 Å². The van der Waals surface area contributed by atoms with Gasteiger partial charge in [0.05, 0.1) is 26.3 Å². The Bertz CT molecular complexity index is 1240. The zero-order valence-corrected chi connectivity index (χ0v) is 18.7. The summed E-state index contributed by atoms with van der Waals surface area (Å²) in [5.74, 6) is 2.68. The highest BCUT2D eigenvalue weighted by molar-refractivity contribution is 7.71. The molecule has 1 heterocycles. The largest absolute Gasteiger partial charge is 0.496 e. The number of aromatic nitrogens is 3. The summed E-state index contributed by atoms with van der Waals surface area (Å²) in [5, 5.41) is 7.24. The average molecular weight is 449 g/mol. The van der Waals surface area contributed by atoms with E-state index in [0.29, 0.717) is 41.0 Å². The number of hydrogen-bond acceptors (Lipinski definition) is 6. The standard InChI is InChI=1S/C24H24N4O3S/c1-29-20-13-7-6-12-19(20)23-26-27-24(32)28(23)25-15-18-11-8-14-21(30-2)22(18)31-16-17-9-4-3-5-10-17/h3-14,25H,15-16H2,1-2H3,(H,27,32). The molecule has 0 saturated carbocycles. The Labute approximate surface area is 191 Å². The van der Waals surface area contributed by atoms with E-state index in [-0.39, 0.29) is 0 Å². The molecule has 0 radical (unpaired) electrons. The second-order valence-corrected chi connectivity index (χ2v) is 7.33. The average Bonchev–Trinajstić information content (AvgIpc) is 3.21. The van der Waals surface area contributed by atoms with Crippen LogP contribution in [0.5, 0.6) is 17.2 Å². The number of H-pyrrole nitrogens is 1. The maximum Gasteiger partial charge on any atom is 0.214 e. The van der Waals surface area contributed by atoms with Gasteiger partial charge in [0.25, 0.3) is 0 Å². The lowest BCUT2D eigenvalue weighted by molar-refractivity contribution is 0.281. The predicted octanol–water partition coefficient (Wildman–Crippen LogP) is 4.95. The number of rotatable bonds is 9. The van der Waals surface area contributed by atoms with Gasteiger partial charge in [0.15, 0.2) is 17.3 Å². The molecule has 4 aromatic rings. The molecular weight excluding hydrogens is 424 g/mol. The quantitative estimate of drug-likeness (QED) is 0.353. The molecule has 8 heteroatoms. The number of nitrogens with one attached hydrogen (secondary N) is 2. The third-order valence-electron chi connectivity index (χ3n) is 4.95. The van der Waals surface area contributed by atoms with Crippen LogP contribution >= 0.6 is 12.2 Å². The molecular formula is C24H24N4O3S. The Kier molecular flexibility index (Phi) is 6.72. The molecule has 4 rings (SSSR count). The number of methoxy groups -OCH3 is 2. The SMILES string of the molecule is COc1ccccc1-c1n[nH]c(=S)n1NCc1cccc(OC)c1OCc1ccccc1. The van der Waals surface area contributed by atoms with E-state index in [1.807, 2.05) is 72.8 Å². The zero-order valence-electron chi connectivity index (χ0n) is 17.9. The Morgan fingerprint density at radius 3 is 2.41 bits per heavy atom. The van der Waals surface area contributed by atoms with Crippen LogP contribution in [0.25, 0.3) is 11.4 Å². The summed E-state index contributed by atoms with van der Waals surface area (Å²) in [6.45, 7) is 0.878. The van der Waals surface area contributed by atoms with Crippen molar-refractivity contribution < 1.29 is 14.2 Å². The molecule has 164 valence electrons. The summed E-state index contributed by atoms with van der Waals surface area (Å²) in [4.78, 5) is 0. The molecule has 0 aliphatic heterocycles. The van der Waals surface area contributed by atoms with Gasteiger partial charge in [-0.15, -0.1) is 0 Å². The second kappa shape index (κ2) is 10.0. The lowest BCUT2D eigenvalue weighted by atomic mass is 10.1. The van der Waals surface area contributed by atoms with Crippen molar-refractivity contribution in [2.24, 2.45) is 0 Å². The van der Waals surface area contributed by atoms with Crippen molar-refractivity contribution in [1.82, 2.24) is 14.9 Å². The summed E-state index contributed by atoms with van der Waals surface area (Å²) in [6.07, 6.45) is 0. The van der Waals surface area contributed by atoms with Crippen LogP contribution in [0, 0.1) is 4.77 Å².